The summed E-state index contributed by atoms with van der Waals surface area (Å²) in [6.07, 6.45) is 1.60. The molecule has 2 amide bonds. The van der Waals surface area contributed by atoms with Gasteiger partial charge in [0, 0.05) is 12.2 Å². The first-order valence-corrected chi connectivity index (χ1v) is 11.4. The van der Waals surface area contributed by atoms with E-state index in [1.807, 2.05) is 19.1 Å². The predicted octanol–water partition coefficient (Wildman–Crippen LogP) is 1.32. The van der Waals surface area contributed by atoms with Crippen LogP contribution in [0.15, 0.2) is 30.3 Å². The molecule has 5 N–H and O–H groups in total. The zero-order chi connectivity index (χ0) is 22.7. The average molecular weight is 454 g/mol. The molecule has 1 fully saturated rings. The number of fused-ring (bicyclic) bond motifs is 1. The number of pyridine rings is 1. The van der Waals surface area contributed by atoms with Crippen molar-refractivity contribution in [2.75, 3.05) is 12.3 Å². The van der Waals surface area contributed by atoms with Gasteiger partial charge in [-0.15, -0.1) is 0 Å². The largest absolute Gasteiger partial charge is 0.384 e. The Hall–Kier alpha value is -3.11. The van der Waals surface area contributed by atoms with Crippen LogP contribution in [0, 0.1) is 12.8 Å². The Kier molecular flexibility index (Phi) is 6.61. The van der Waals surface area contributed by atoms with Gasteiger partial charge in [0.05, 0.1) is 17.8 Å². The minimum absolute atomic E-state index is 0.153. The Morgan fingerprint density at radius 3 is 2.88 bits per heavy atom. The van der Waals surface area contributed by atoms with Crippen molar-refractivity contribution in [2.24, 2.45) is 5.92 Å². The van der Waals surface area contributed by atoms with E-state index in [1.165, 1.54) is 17.3 Å². The van der Waals surface area contributed by atoms with Crippen LogP contribution in [0.3, 0.4) is 0 Å². The molecule has 1 saturated heterocycles. The van der Waals surface area contributed by atoms with Crippen molar-refractivity contribution in [3.8, 4) is 0 Å². The molecule has 0 saturated carbocycles. The topological polar surface area (TPSA) is 135 Å². The van der Waals surface area contributed by atoms with Gasteiger partial charge in [0.15, 0.2) is 0 Å². The van der Waals surface area contributed by atoms with Crippen LogP contribution in [0.2, 0.25) is 0 Å². The molecular weight excluding hydrogens is 426 g/mol. The van der Waals surface area contributed by atoms with Crippen molar-refractivity contribution in [1.82, 2.24) is 29.7 Å². The number of anilines is 1. The van der Waals surface area contributed by atoms with Gasteiger partial charge in [-0.2, -0.15) is 8.75 Å². The second kappa shape index (κ2) is 9.58. The maximum atomic E-state index is 12.7. The standard InChI is InChI=1S/C22H27N7O2S/c1-12-16(4-6-20(23)26-12)11-25-21(30)13(2)27-22(31)19-9-15(10-24-19)7-14-3-5-17-18(8-14)29-32-28-17/h3-6,8,13,15,19,24H,7,9-11H2,1-2H3,(H2,23,26)(H,25,30)(H,27,31)/t13-,15-,19+/m0/s1. The van der Waals surface area contributed by atoms with Crippen LogP contribution in [0.1, 0.15) is 30.2 Å². The third kappa shape index (κ3) is 5.20. The zero-order valence-electron chi connectivity index (χ0n) is 18.1. The van der Waals surface area contributed by atoms with E-state index in [-0.39, 0.29) is 17.9 Å². The lowest BCUT2D eigenvalue weighted by molar-refractivity contribution is -0.129. The molecule has 4 rings (SSSR count). The van der Waals surface area contributed by atoms with Crippen LogP contribution >= 0.6 is 11.7 Å². The van der Waals surface area contributed by atoms with Crippen molar-refractivity contribution < 1.29 is 9.59 Å². The van der Waals surface area contributed by atoms with E-state index in [4.69, 9.17) is 5.73 Å². The van der Waals surface area contributed by atoms with Crippen molar-refractivity contribution in [1.29, 1.82) is 0 Å². The molecule has 0 bridgehead atoms. The number of rotatable bonds is 7. The summed E-state index contributed by atoms with van der Waals surface area (Å²) in [5.74, 6) is 0.398. The van der Waals surface area contributed by atoms with Gasteiger partial charge in [0.25, 0.3) is 0 Å². The summed E-state index contributed by atoms with van der Waals surface area (Å²) in [6, 6.07) is 8.73. The highest BCUT2D eigenvalue weighted by atomic mass is 32.1. The molecule has 0 unspecified atom stereocenters. The van der Waals surface area contributed by atoms with Crippen molar-refractivity contribution in [3.05, 3.63) is 47.2 Å². The number of benzene rings is 1. The number of carbonyl (C=O) groups is 2. The predicted molar refractivity (Wildman–Crippen MR) is 124 cm³/mol. The number of aromatic nitrogens is 3. The van der Waals surface area contributed by atoms with Gasteiger partial charge in [-0.1, -0.05) is 12.1 Å². The highest BCUT2D eigenvalue weighted by molar-refractivity contribution is 7.00. The molecule has 10 heteroatoms. The van der Waals surface area contributed by atoms with E-state index >= 15 is 0 Å². The molecule has 168 valence electrons. The van der Waals surface area contributed by atoms with Crippen LogP contribution in [0.4, 0.5) is 5.82 Å². The number of nitrogens with one attached hydrogen (secondary N) is 3. The van der Waals surface area contributed by atoms with Crippen LogP contribution in [0.5, 0.6) is 0 Å². The number of amides is 2. The summed E-state index contributed by atoms with van der Waals surface area (Å²) in [5, 5.41) is 8.95. The summed E-state index contributed by atoms with van der Waals surface area (Å²) in [4.78, 5) is 29.3. The van der Waals surface area contributed by atoms with E-state index < -0.39 is 6.04 Å². The van der Waals surface area contributed by atoms with Crippen molar-refractivity contribution in [3.63, 3.8) is 0 Å². The molecule has 0 radical (unpaired) electrons. The van der Waals surface area contributed by atoms with Gasteiger partial charge in [-0.05, 0) is 68.5 Å². The Balaban J connectivity index is 1.24. The highest BCUT2D eigenvalue weighted by Gasteiger charge is 2.31. The monoisotopic (exact) mass is 453 g/mol. The normalized spacial score (nSPS) is 19.1. The molecule has 2 aromatic heterocycles. The van der Waals surface area contributed by atoms with E-state index in [0.29, 0.717) is 18.3 Å². The van der Waals surface area contributed by atoms with Crippen molar-refractivity contribution in [2.45, 2.75) is 45.3 Å². The molecule has 32 heavy (non-hydrogen) atoms. The summed E-state index contributed by atoms with van der Waals surface area (Å²) in [7, 11) is 0. The molecule has 0 aliphatic carbocycles. The van der Waals surface area contributed by atoms with Crippen LogP contribution in [-0.2, 0) is 22.6 Å². The van der Waals surface area contributed by atoms with E-state index in [9.17, 15) is 9.59 Å². The molecule has 9 nitrogen and oxygen atoms in total. The zero-order valence-corrected chi connectivity index (χ0v) is 18.9. The fourth-order valence-corrected chi connectivity index (χ4v) is 4.48. The minimum atomic E-state index is -0.634. The third-order valence-corrected chi connectivity index (χ3v) is 6.36. The highest BCUT2D eigenvalue weighted by Crippen LogP contribution is 2.22. The lowest BCUT2D eigenvalue weighted by atomic mass is 9.96. The number of nitrogens with zero attached hydrogens (tertiary/aromatic N) is 3. The molecule has 0 spiro atoms. The lowest BCUT2D eigenvalue weighted by Gasteiger charge is -2.17. The third-order valence-electron chi connectivity index (χ3n) is 5.80. The molecule has 1 aromatic carbocycles. The summed E-state index contributed by atoms with van der Waals surface area (Å²) >= 11 is 1.21. The number of hydrogen-bond donors (Lipinski definition) is 4. The number of nitrogen functional groups attached to an aromatic ring is 1. The number of carbonyl (C=O) groups excluding carboxylic acids is 2. The number of hydrogen-bond acceptors (Lipinski definition) is 8. The van der Waals surface area contributed by atoms with Crippen LogP contribution < -0.4 is 21.7 Å². The fourth-order valence-electron chi connectivity index (χ4n) is 3.96. The first-order chi connectivity index (χ1) is 15.4. The van der Waals surface area contributed by atoms with Gasteiger partial charge >= 0.3 is 0 Å². The molecular formula is C22H27N7O2S. The quantitative estimate of drug-likeness (QED) is 0.424. The first-order valence-electron chi connectivity index (χ1n) is 10.6. The molecule has 1 aliphatic rings. The molecule has 3 heterocycles. The fraction of sp³-hybridized carbons (Fsp3) is 0.409. The molecule has 3 aromatic rings. The van der Waals surface area contributed by atoms with Gasteiger partial charge in [0.2, 0.25) is 11.8 Å². The molecule has 1 aliphatic heterocycles. The summed E-state index contributed by atoms with van der Waals surface area (Å²) in [6.45, 7) is 4.62. The SMILES string of the molecule is Cc1nc(N)ccc1CNC(=O)[C@H](C)NC(=O)[C@H]1C[C@H](Cc2ccc3nsnc3c2)CN1. The second-order valence-electron chi connectivity index (χ2n) is 8.28. The lowest BCUT2D eigenvalue weighted by Crippen LogP contribution is -2.50. The van der Waals surface area contributed by atoms with E-state index in [2.05, 4.69) is 41.8 Å². The van der Waals surface area contributed by atoms with Crippen molar-refractivity contribution >= 4 is 40.4 Å². The van der Waals surface area contributed by atoms with Crippen LogP contribution in [0.25, 0.3) is 11.0 Å². The smallest absolute Gasteiger partial charge is 0.242 e. The van der Waals surface area contributed by atoms with Gasteiger partial charge in [-0.3, -0.25) is 9.59 Å². The Morgan fingerprint density at radius 2 is 2.06 bits per heavy atom. The minimum Gasteiger partial charge on any atom is -0.384 e. The Bertz CT molecular complexity index is 1130. The first kappa shape index (κ1) is 22.1. The van der Waals surface area contributed by atoms with E-state index in [1.54, 1.807) is 13.0 Å². The number of nitrogens with two attached hydrogens (primary N) is 1. The summed E-state index contributed by atoms with van der Waals surface area (Å²) < 4.78 is 8.52. The van der Waals surface area contributed by atoms with E-state index in [0.717, 1.165) is 41.7 Å². The average Bonchev–Trinajstić information content (AvgIpc) is 3.42. The maximum absolute atomic E-state index is 12.7. The van der Waals surface area contributed by atoms with Gasteiger partial charge < -0.3 is 21.7 Å². The van der Waals surface area contributed by atoms with Crippen LogP contribution in [-0.4, -0.2) is 44.2 Å². The summed E-state index contributed by atoms with van der Waals surface area (Å²) in [5.41, 5.74) is 10.3. The Labute approximate surface area is 190 Å². The maximum Gasteiger partial charge on any atom is 0.242 e. The van der Waals surface area contributed by atoms with Gasteiger partial charge in [-0.25, -0.2) is 4.98 Å². The number of aryl methyl sites for hydroxylation is 1. The molecule has 3 atom stereocenters. The second-order valence-corrected chi connectivity index (χ2v) is 8.81. The Morgan fingerprint density at radius 1 is 1.25 bits per heavy atom. The van der Waals surface area contributed by atoms with Gasteiger partial charge in [0.1, 0.15) is 22.9 Å².